The van der Waals surface area contributed by atoms with E-state index in [1.807, 2.05) is 37.4 Å². The molecule has 0 N–H and O–H groups in total. The van der Waals surface area contributed by atoms with Gasteiger partial charge in [-0.1, -0.05) is 37.3 Å². The van der Waals surface area contributed by atoms with Crippen LogP contribution in [0.25, 0.3) is 11.3 Å². The zero-order valence-corrected chi connectivity index (χ0v) is 14.8. The topological polar surface area (TPSA) is 62.5 Å². The van der Waals surface area contributed by atoms with E-state index in [0.717, 1.165) is 43.9 Å². The molecule has 25 heavy (non-hydrogen) atoms. The molecule has 0 unspecified atom stereocenters. The molecule has 6 heteroatoms. The Morgan fingerprint density at radius 1 is 1.20 bits per heavy atom. The van der Waals surface area contributed by atoms with Gasteiger partial charge in [0, 0.05) is 37.8 Å². The number of rotatable bonds is 5. The molecule has 1 aromatic carbocycles. The monoisotopic (exact) mass is 340 g/mol. The minimum Gasteiger partial charge on any atom is -0.357 e. The van der Waals surface area contributed by atoms with Gasteiger partial charge in [0.15, 0.2) is 5.69 Å². The molecule has 0 amide bonds. The highest BCUT2D eigenvalue weighted by Crippen LogP contribution is 2.31. The van der Waals surface area contributed by atoms with Crippen molar-refractivity contribution in [3.05, 3.63) is 52.6 Å². The summed E-state index contributed by atoms with van der Waals surface area (Å²) < 4.78 is 0. The lowest BCUT2D eigenvalue weighted by molar-refractivity contribution is -0.384. The van der Waals surface area contributed by atoms with Crippen LogP contribution in [0.1, 0.15) is 19.8 Å². The fraction of sp³-hybridized carbons (Fsp3) is 0.421. The van der Waals surface area contributed by atoms with Crippen LogP contribution in [0.2, 0.25) is 0 Å². The second kappa shape index (κ2) is 7.61. The van der Waals surface area contributed by atoms with Crippen molar-refractivity contribution in [3.63, 3.8) is 0 Å². The molecule has 0 aliphatic carbocycles. The van der Waals surface area contributed by atoms with Gasteiger partial charge in [0.05, 0.1) is 4.92 Å². The van der Waals surface area contributed by atoms with Crippen molar-refractivity contribution < 1.29 is 4.92 Å². The zero-order valence-electron chi connectivity index (χ0n) is 14.8. The van der Waals surface area contributed by atoms with Crippen molar-refractivity contribution in [2.45, 2.75) is 25.8 Å². The molecule has 132 valence electrons. The fourth-order valence-electron chi connectivity index (χ4n) is 3.40. The first-order chi connectivity index (χ1) is 12.1. The summed E-state index contributed by atoms with van der Waals surface area (Å²) in [6.45, 7) is 5.45. The van der Waals surface area contributed by atoms with Crippen LogP contribution in [0, 0.1) is 10.1 Å². The van der Waals surface area contributed by atoms with E-state index in [0.29, 0.717) is 11.7 Å². The van der Waals surface area contributed by atoms with Crippen LogP contribution in [0.4, 0.5) is 11.5 Å². The molecule has 1 aromatic heterocycles. The first-order valence-electron chi connectivity index (χ1n) is 8.76. The van der Waals surface area contributed by atoms with Gasteiger partial charge in [-0.3, -0.25) is 10.1 Å². The third-order valence-electron chi connectivity index (χ3n) is 5.02. The van der Waals surface area contributed by atoms with Crippen molar-refractivity contribution in [2.24, 2.45) is 0 Å². The largest absolute Gasteiger partial charge is 0.357 e. The van der Waals surface area contributed by atoms with Gasteiger partial charge in [0.25, 0.3) is 5.69 Å². The summed E-state index contributed by atoms with van der Waals surface area (Å²) in [7, 11) is 2.04. The highest BCUT2D eigenvalue weighted by atomic mass is 16.6. The van der Waals surface area contributed by atoms with Crippen LogP contribution in [0.3, 0.4) is 0 Å². The zero-order chi connectivity index (χ0) is 17.8. The molecular formula is C19H24N4O2. The van der Waals surface area contributed by atoms with Crippen molar-refractivity contribution in [1.29, 1.82) is 0 Å². The Labute approximate surface area is 148 Å². The second-order valence-corrected chi connectivity index (χ2v) is 6.44. The van der Waals surface area contributed by atoms with Crippen LogP contribution >= 0.6 is 0 Å². The van der Waals surface area contributed by atoms with Crippen LogP contribution in [0.5, 0.6) is 0 Å². The molecule has 1 aliphatic rings. The van der Waals surface area contributed by atoms with Crippen LogP contribution in [-0.2, 0) is 0 Å². The summed E-state index contributed by atoms with van der Waals surface area (Å²) in [6, 6.07) is 13.1. The number of hydrogen-bond acceptors (Lipinski definition) is 5. The number of hydrogen-bond donors (Lipinski definition) is 0. The number of nitro groups is 1. The summed E-state index contributed by atoms with van der Waals surface area (Å²) in [4.78, 5) is 20.3. The SMILES string of the molecule is CCN1CCC(N(C)c2ccc([N+](=O)[O-])c(-c3ccccc3)n2)CC1. The van der Waals surface area contributed by atoms with Gasteiger partial charge in [0.1, 0.15) is 5.82 Å². The van der Waals surface area contributed by atoms with E-state index in [2.05, 4.69) is 21.7 Å². The molecule has 1 saturated heterocycles. The Morgan fingerprint density at radius 3 is 2.48 bits per heavy atom. The molecule has 2 aromatic rings. The van der Waals surface area contributed by atoms with Crippen LogP contribution in [0.15, 0.2) is 42.5 Å². The molecule has 2 heterocycles. The molecule has 0 spiro atoms. The van der Waals surface area contributed by atoms with E-state index in [9.17, 15) is 10.1 Å². The minimum atomic E-state index is -0.362. The molecular weight excluding hydrogens is 316 g/mol. The Morgan fingerprint density at radius 2 is 1.88 bits per heavy atom. The number of pyridine rings is 1. The average Bonchev–Trinajstić information content (AvgIpc) is 2.67. The number of nitrogens with zero attached hydrogens (tertiary/aromatic N) is 4. The molecule has 6 nitrogen and oxygen atoms in total. The van der Waals surface area contributed by atoms with Crippen LogP contribution < -0.4 is 4.90 Å². The predicted octanol–water partition coefficient (Wildman–Crippen LogP) is 3.58. The van der Waals surface area contributed by atoms with Gasteiger partial charge in [-0.05, 0) is 25.5 Å². The fourth-order valence-corrected chi connectivity index (χ4v) is 3.40. The first kappa shape index (κ1) is 17.4. The Hall–Kier alpha value is -2.47. The molecule has 1 fully saturated rings. The highest BCUT2D eigenvalue weighted by molar-refractivity contribution is 5.71. The van der Waals surface area contributed by atoms with Crippen molar-refractivity contribution in [3.8, 4) is 11.3 Å². The summed E-state index contributed by atoms with van der Waals surface area (Å²) in [6.07, 6.45) is 2.17. The van der Waals surface area contributed by atoms with E-state index in [1.54, 1.807) is 12.1 Å². The van der Waals surface area contributed by atoms with E-state index < -0.39 is 0 Å². The van der Waals surface area contributed by atoms with Crippen molar-refractivity contribution >= 4 is 11.5 Å². The van der Waals surface area contributed by atoms with Gasteiger partial charge in [-0.25, -0.2) is 4.98 Å². The summed E-state index contributed by atoms with van der Waals surface area (Å²) in [5.41, 5.74) is 1.25. The average molecular weight is 340 g/mol. The molecule has 0 radical (unpaired) electrons. The Balaban J connectivity index is 1.89. The summed E-state index contributed by atoms with van der Waals surface area (Å²) in [5.74, 6) is 0.791. The number of aromatic nitrogens is 1. The Bertz CT molecular complexity index is 727. The lowest BCUT2D eigenvalue weighted by Gasteiger charge is -2.36. The van der Waals surface area contributed by atoms with Crippen molar-refractivity contribution in [2.75, 3.05) is 31.6 Å². The lowest BCUT2D eigenvalue weighted by atomic mass is 10.0. The van der Waals surface area contributed by atoms with Gasteiger partial charge in [-0.2, -0.15) is 0 Å². The molecule has 0 atom stereocenters. The van der Waals surface area contributed by atoms with Crippen molar-refractivity contribution in [1.82, 2.24) is 9.88 Å². The summed E-state index contributed by atoms with van der Waals surface area (Å²) >= 11 is 0. The third kappa shape index (κ3) is 3.79. The van der Waals surface area contributed by atoms with Gasteiger partial charge >= 0.3 is 0 Å². The van der Waals surface area contributed by atoms with Gasteiger partial charge in [0.2, 0.25) is 0 Å². The van der Waals surface area contributed by atoms with Gasteiger partial charge in [-0.15, -0.1) is 0 Å². The third-order valence-corrected chi connectivity index (χ3v) is 5.02. The minimum absolute atomic E-state index is 0.0455. The number of anilines is 1. The smallest absolute Gasteiger partial charge is 0.295 e. The van der Waals surface area contributed by atoms with Gasteiger partial charge < -0.3 is 9.80 Å². The van der Waals surface area contributed by atoms with E-state index in [-0.39, 0.29) is 10.6 Å². The normalized spacial score (nSPS) is 15.9. The number of benzene rings is 1. The maximum Gasteiger partial charge on any atom is 0.295 e. The van der Waals surface area contributed by atoms with E-state index >= 15 is 0 Å². The maximum absolute atomic E-state index is 11.4. The second-order valence-electron chi connectivity index (χ2n) is 6.44. The number of piperidine rings is 1. The quantitative estimate of drug-likeness (QED) is 0.615. The van der Waals surface area contributed by atoms with Crippen LogP contribution in [-0.4, -0.2) is 47.5 Å². The first-order valence-corrected chi connectivity index (χ1v) is 8.76. The van der Waals surface area contributed by atoms with E-state index in [1.165, 1.54) is 0 Å². The standard InChI is InChI=1S/C19H24N4O2/c1-3-22-13-11-16(12-14-22)21(2)18-10-9-17(23(24)25)19(20-18)15-7-5-4-6-8-15/h4-10,16H,3,11-14H2,1-2H3. The highest BCUT2D eigenvalue weighted by Gasteiger charge is 2.24. The predicted molar refractivity (Wildman–Crippen MR) is 99.9 cm³/mol. The maximum atomic E-state index is 11.4. The summed E-state index contributed by atoms with van der Waals surface area (Å²) in [5, 5.41) is 11.4. The number of likely N-dealkylation sites (tertiary alicyclic amines) is 1. The molecule has 3 rings (SSSR count). The van der Waals surface area contributed by atoms with E-state index in [4.69, 9.17) is 0 Å². The Kier molecular flexibility index (Phi) is 5.28. The molecule has 0 bridgehead atoms. The molecule has 0 saturated carbocycles. The molecule has 1 aliphatic heterocycles. The lowest BCUT2D eigenvalue weighted by Crippen LogP contribution is -2.43.